The van der Waals surface area contributed by atoms with E-state index >= 15 is 0 Å². The van der Waals surface area contributed by atoms with Gasteiger partial charge in [-0.25, -0.2) is 0 Å². The maximum Gasteiger partial charge on any atom is -0.0154 e. The van der Waals surface area contributed by atoms with Crippen LogP contribution in [0.5, 0.6) is 0 Å². The number of hydrogen-bond donors (Lipinski definition) is 0. The fourth-order valence-electron chi connectivity index (χ4n) is 5.30. The Kier molecular flexibility index (Phi) is 2.59. The maximum absolute atomic E-state index is 2.64. The Bertz CT molecular complexity index is 468. The second kappa shape index (κ2) is 4.11. The first-order valence-corrected chi connectivity index (χ1v) is 8.18. The first-order valence-electron chi connectivity index (χ1n) is 8.18. The van der Waals surface area contributed by atoms with Gasteiger partial charge in [0.1, 0.15) is 0 Å². The van der Waals surface area contributed by atoms with Gasteiger partial charge in [-0.1, -0.05) is 35.5 Å². The Balaban J connectivity index is 1.42. The largest absolute Gasteiger partial charge is 0.0880 e. The molecule has 1 saturated carbocycles. The van der Waals surface area contributed by atoms with Crippen molar-refractivity contribution >= 4 is 0 Å². The minimum Gasteiger partial charge on any atom is -0.0880 e. The van der Waals surface area contributed by atoms with Crippen molar-refractivity contribution in [2.75, 3.05) is 0 Å². The summed E-state index contributed by atoms with van der Waals surface area (Å²) in [5.41, 5.74) is 4.79. The van der Waals surface area contributed by atoms with Crippen molar-refractivity contribution in [1.29, 1.82) is 0 Å². The van der Waals surface area contributed by atoms with Crippen molar-refractivity contribution in [2.45, 2.75) is 64.7 Å². The molecule has 4 rings (SSSR count). The highest BCUT2D eigenvalue weighted by Crippen LogP contribution is 2.57. The molecule has 19 heavy (non-hydrogen) atoms. The first kappa shape index (κ1) is 12.0. The van der Waals surface area contributed by atoms with Crippen molar-refractivity contribution in [3.63, 3.8) is 0 Å². The van der Waals surface area contributed by atoms with Gasteiger partial charge in [-0.2, -0.15) is 0 Å². The van der Waals surface area contributed by atoms with E-state index in [-0.39, 0.29) is 0 Å². The van der Waals surface area contributed by atoms with Gasteiger partial charge in [-0.15, -0.1) is 0 Å². The van der Waals surface area contributed by atoms with E-state index in [9.17, 15) is 0 Å². The van der Waals surface area contributed by atoms with Crippen molar-refractivity contribution in [3.05, 3.63) is 35.5 Å². The second-order valence-electron chi connectivity index (χ2n) is 7.91. The van der Waals surface area contributed by atoms with Gasteiger partial charge < -0.3 is 0 Å². The first-order chi connectivity index (χ1) is 9.19. The average Bonchev–Trinajstić information content (AvgIpc) is 3.14. The molecule has 0 radical (unpaired) electrons. The van der Waals surface area contributed by atoms with E-state index in [1.54, 1.807) is 5.57 Å². The SMILES string of the molecule is CC1=CCC2(CC=C(C3CCC4(CC=CC4)C3)C2)C1. The molecule has 0 aromatic carbocycles. The van der Waals surface area contributed by atoms with Crippen LogP contribution in [0.4, 0.5) is 0 Å². The van der Waals surface area contributed by atoms with Crippen LogP contribution in [0.2, 0.25) is 0 Å². The summed E-state index contributed by atoms with van der Waals surface area (Å²) in [4.78, 5) is 0. The van der Waals surface area contributed by atoms with E-state index in [4.69, 9.17) is 0 Å². The molecule has 0 N–H and O–H groups in total. The zero-order valence-electron chi connectivity index (χ0n) is 12.3. The Labute approximate surface area is 117 Å². The molecule has 0 heterocycles. The predicted molar refractivity (Wildman–Crippen MR) is 80.9 cm³/mol. The molecule has 0 aromatic rings. The quantitative estimate of drug-likeness (QED) is 0.537. The van der Waals surface area contributed by atoms with Crippen LogP contribution in [-0.2, 0) is 0 Å². The summed E-state index contributed by atoms with van der Waals surface area (Å²) >= 11 is 0. The van der Waals surface area contributed by atoms with Crippen molar-refractivity contribution in [1.82, 2.24) is 0 Å². The fourth-order valence-corrected chi connectivity index (χ4v) is 5.30. The summed E-state index contributed by atoms with van der Waals surface area (Å²) in [6.45, 7) is 2.32. The summed E-state index contributed by atoms with van der Waals surface area (Å²) in [6, 6.07) is 0. The van der Waals surface area contributed by atoms with Crippen LogP contribution in [0.25, 0.3) is 0 Å². The molecule has 4 aliphatic carbocycles. The van der Waals surface area contributed by atoms with Gasteiger partial charge in [-0.05, 0) is 81.5 Å². The van der Waals surface area contributed by atoms with Crippen LogP contribution in [0.15, 0.2) is 35.5 Å². The Morgan fingerprint density at radius 3 is 2.47 bits per heavy atom. The van der Waals surface area contributed by atoms with Crippen molar-refractivity contribution in [2.24, 2.45) is 16.7 Å². The Morgan fingerprint density at radius 1 is 0.947 bits per heavy atom. The normalized spacial score (nSPS) is 39.5. The average molecular weight is 254 g/mol. The summed E-state index contributed by atoms with van der Waals surface area (Å²) in [7, 11) is 0. The van der Waals surface area contributed by atoms with Gasteiger partial charge >= 0.3 is 0 Å². The maximum atomic E-state index is 2.64. The van der Waals surface area contributed by atoms with Crippen LogP contribution in [-0.4, -0.2) is 0 Å². The van der Waals surface area contributed by atoms with Crippen molar-refractivity contribution in [3.8, 4) is 0 Å². The van der Waals surface area contributed by atoms with Crippen molar-refractivity contribution < 1.29 is 0 Å². The highest BCUT2D eigenvalue weighted by atomic mass is 14.5. The molecule has 4 aliphatic rings. The standard InChI is InChI=1S/C19H26/c1-15-4-9-19(12-15)11-6-17(14-19)16-5-10-18(13-16)7-2-3-8-18/h2-4,6,16H,5,7-14H2,1H3. The lowest BCUT2D eigenvalue weighted by atomic mass is 9.78. The summed E-state index contributed by atoms with van der Waals surface area (Å²) < 4.78 is 0. The van der Waals surface area contributed by atoms with Crippen LogP contribution in [0.3, 0.4) is 0 Å². The molecule has 1 fully saturated rings. The molecule has 0 amide bonds. The summed E-state index contributed by atoms with van der Waals surface area (Å²) in [5.74, 6) is 0.931. The lowest BCUT2D eigenvalue weighted by molar-refractivity contribution is 0.301. The Morgan fingerprint density at radius 2 is 1.74 bits per heavy atom. The smallest absolute Gasteiger partial charge is 0.0154 e. The minimum atomic E-state index is 0.628. The van der Waals surface area contributed by atoms with E-state index < -0.39 is 0 Å². The monoisotopic (exact) mass is 254 g/mol. The molecule has 0 saturated heterocycles. The number of allylic oxidation sites excluding steroid dienone is 6. The molecule has 0 aliphatic heterocycles. The van der Waals surface area contributed by atoms with E-state index in [2.05, 4.69) is 31.2 Å². The van der Waals surface area contributed by atoms with Crippen LogP contribution in [0.1, 0.15) is 64.7 Å². The molecular formula is C19H26. The molecule has 0 heteroatoms. The second-order valence-corrected chi connectivity index (χ2v) is 7.91. The highest BCUT2D eigenvalue weighted by molar-refractivity contribution is 5.26. The number of hydrogen-bond acceptors (Lipinski definition) is 0. The molecule has 0 bridgehead atoms. The van der Waals surface area contributed by atoms with E-state index in [0.717, 1.165) is 5.92 Å². The molecule has 102 valence electrons. The lowest BCUT2D eigenvalue weighted by Crippen LogP contribution is -2.15. The highest BCUT2D eigenvalue weighted by Gasteiger charge is 2.44. The van der Waals surface area contributed by atoms with Gasteiger partial charge in [0.05, 0.1) is 0 Å². The van der Waals surface area contributed by atoms with E-state index in [1.165, 1.54) is 57.8 Å². The van der Waals surface area contributed by atoms with Gasteiger partial charge in [0.25, 0.3) is 0 Å². The lowest BCUT2D eigenvalue weighted by Gasteiger charge is -2.26. The van der Waals surface area contributed by atoms with Gasteiger partial charge in [0, 0.05) is 0 Å². The predicted octanol–water partition coefficient (Wildman–Crippen LogP) is 5.57. The molecule has 2 atom stereocenters. The van der Waals surface area contributed by atoms with Crippen LogP contribution >= 0.6 is 0 Å². The third-order valence-electron chi connectivity index (χ3n) is 6.41. The molecule has 2 unspecified atom stereocenters. The minimum absolute atomic E-state index is 0.628. The zero-order valence-corrected chi connectivity index (χ0v) is 12.3. The molecule has 2 spiro atoms. The molecule has 0 aromatic heterocycles. The third-order valence-corrected chi connectivity index (χ3v) is 6.41. The summed E-state index contributed by atoms with van der Waals surface area (Å²) in [5, 5.41) is 0. The zero-order chi connectivity index (χ0) is 12.9. The molecule has 0 nitrogen and oxygen atoms in total. The van der Waals surface area contributed by atoms with Crippen LogP contribution < -0.4 is 0 Å². The van der Waals surface area contributed by atoms with E-state index in [0.29, 0.717) is 10.8 Å². The van der Waals surface area contributed by atoms with Crippen LogP contribution in [0, 0.1) is 16.7 Å². The van der Waals surface area contributed by atoms with Gasteiger partial charge in [-0.3, -0.25) is 0 Å². The molecular weight excluding hydrogens is 228 g/mol. The summed E-state index contributed by atoms with van der Waals surface area (Å²) in [6.07, 6.45) is 22.6. The van der Waals surface area contributed by atoms with Gasteiger partial charge in [0.15, 0.2) is 0 Å². The topological polar surface area (TPSA) is 0 Å². The Hall–Kier alpha value is -0.780. The number of rotatable bonds is 1. The fraction of sp³-hybridized carbons (Fsp3) is 0.684. The van der Waals surface area contributed by atoms with E-state index in [1.807, 2.05) is 5.57 Å². The third kappa shape index (κ3) is 1.95. The van der Waals surface area contributed by atoms with Gasteiger partial charge in [0.2, 0.25) is 0 Å².